The molecule has 0 spiro atoms. The molecule has 0 aliphatic heterocycles. The minimum atomic E-state index is -1.53. The summed E-state index contributed by atoms with van der Waals surface area (Å²) in [4.78, 5) is 4.54. The second kappa shape index (κ2) is 9.90. The van der Waals surface area contributed by atoms with E-state index < -0.39 is 38.7 Å². The molecular weight excluding hydrogens is 472 g/mol. The van der Waals surface area contributed by atoms with Crippen molar-refractivity contribution in [3.05, 3.63) is 64.2 Å². The zero-order valence-electron chi connectivity index (χ0n) is 20.5. The van der Waals surface area contributed by atoms with Gasteiger partial charge in [0.05, 0.1) is 32.2 Å². The number of rotatable bonds is 8. The molecule has 2 aromatic carbocycles. The van der Waals surface area contributed by atoms with Gasteiger partial charge in [-0.3, -0.25) is 0 Å². The third-order valence-electron chi connectivity index (χ3n) is 6.00. The van der Waals surface area contributed by atoms with Crippen molar-refractivity contribution in [3.63, 3.8) is 0 Å². The van der Waals surface area contributed by atoms with Gasteiger partial charge in [0, 0.05) is 16.9 Å². The summed E-state index contributed by atoms with van der Waals surface area (Å²) in [5.74, 6) is -1.15. The van der Waals surface area contributed by atoms with E-state index in [-0.39, 0.29) is 12.0 Å². The van der Waals surface area contributed by atoms with Crippen LogP contribution >= 0.6 is 11.3 Å². The van der Waals surface area contributed by atoms with E-state index in [1.807, 2.05) is 52.8 Å². The Hall–Kier alpha value is -2.05. The van der Waals surface area contributed by atoms with Gasteiger partial charge in [-0.2, -0.15) is 5.26 Å². The number of nitrogens with zero attached hydrogens (tertiary/aromatic N) is 2. The minimum absolute atomic E-state index is 0.102. The highest BCUT2D eigenvalue weighted by atomic mass is 32.2. The van der Waals surface area contributed by atoms with Crippen molar-refractivity contribution in [1.82, 2.24) is 9.71 Å². The lowest BCUT2D eigenvalue weighted by Crippen LogP contribution is -2.50. The molecular formula is C26H31F2N3OS2. The van der Waals surface area contributed by atoms with E-state index in [1.54, 1.807) is 18.3 Å². The van der Waals surface area contributed by atoms with Gasteiger partial charge in [-0.05, 0) is 96.7 Å². The number of nitrogens with one attached hydrogen (secondary N) is 1. The molecule has 0 saturated heterocycles. The highest BCUT2D eigenvalue weighted by Gasteiger charge is 2.40. The second-order valence-electron chi connectivity index (χ2n) is 10.3. The lowest BCUT2D eigenvalue weighted by molar-refractivity contribution is 0.296. The van der Waals surface area contributed by atoms with E-state index in [0.29, 0.717) is 12.8 Å². The van der Waals surface area contributed by atoms with Gasteiger partial charge in [-0.1, -0.05) is 6.07 Å². The molecule has 0 fully saturated rings. The summed E-state index contributed by atoms with van der Waals surface area (Å²) >= 11 is 0.0936. The van der Waals surface area contributed by atoms with Crippen LogP contribution in [0.25, 0.3) is 10.2 Å². The van der Waals surface area contributed by atoms with E-state index in [9.17, 15) is 18.6 Å². The van der Waals surface area contributed by atoms with Crippen molar-refractivity contribution >= 4 is 32.9 Å². The first kappa shape index (κ1) is 26.6. The SMILES string of the molecule is Cc1nc2cc(CC(C)(C#N)CC[C@](C)(N[S+]([O-])C(C)(C)C)c3cc(F)ccc3F)ccc2s1. The van der Waals surface area contributed by atoms with Gasteiger partial charge in [0.25, 0.3) is 0 Å². The lowest BCUT2D eigenvalue weighted by Gasteiger charge is -2.37. The zero-order valence-corrected chi connectivity index (χ0v) is 22.1. The Kier molecular flexibility index (Phi) is 7.73. The number of halogens is 2. The minimum Gasteiger partial charge on any atom is -0.598 e. The van der Waals surface area contributed by atoms with Crippen LogP contribution < -0.4 is 4.72 Å². The van der Waals surface area contributed by atoms with Gasteiger partial charge >= 0.3 is 0 Å². The van der Waals surface area contributed by atoms with E-state index in [2.05, 4.69) is 15.8 Å². The number of hydrogen-bond donors (Lipinski definition) is 1. The average molecular weight is 504 g/mol. The van der Waals surface area contributed by atoms with Crippen molar-refractivity contribution in [2.45, 2.75) is 71.1 Å². The predicted molar refractivity (Wildman–Crippen MR) is 136 cm³/mol. The van der Waals surface area contributed by atoms with Gasteiger partial charge in [0.15, 0.2) is 0 Å². The number of thiazole rings is 1. The maximum atomic E-state index is 14.8. The van der Waals surface area contributed by atoms with Gasteiger partial charge in [0.2, 0.25) is 0 Å². The van der Waals surface area contributed by atoms with Crippen molar-refractivity contribution in [3.8, 4) is 6.07 Å². The molecule has 8 heteroatoms. The number of benzene rings is 2. The first-order chi connectivity index (χ1) is 15.7. The Morgan fingerprint density at radius 2 is 1.79 bits per heavy atom. The van der Waals surface area contributed by atoms with E-state index in [1.165, 1.54) is 0 Å². The molecule has 0 radical (unpaired) electrons. The first-order valence-electron chi connectivity index (χ1n) is 11.2. The summed E-state index contributed by atoms with van der Waals surface area (Å²) in [7, 11) is 0. The maximum Gasteiger partial charge on any atom is 0.136 e. The van der Waals surface area contributed by atoms with Gasteiger partial charge in [0.1, 0.15) is 16.4 Å². The first-order valence-corrected chi connectivity index (χ1v) is 13.1. The highest BCUT2D eigenvalue weighted by molar-refractivity contribution is 7.90. The average Bonchev–Trinajstić information content (AvgIpc) is 3.12. The molecule has 1 N–H and O–H groups in total. The van der Waals surface area contributed by atoms with E-state index >= 15 is 0 Å². The summed E-state index contributed by atoms with van der Waals surface area (Å²) in [6.45, 7) is 11.0. The van der Waals surface area contributed by atoms with Crippen molar-refractivity contribution in [2.24, 2.45) is 5.41 Å². The topological polar surface area (TPSA) is 71.8 Å². The maximum absolute atomic E-state index is 14.8. The molecule has 3 atom stereocenters. The molecule has 2 unspecified atom stereocenters. The van der Waals surface area contributed by atoms with E-state index in [0.717, 1.165) is 39.0 Å². The molecule has 1 aromatic heterocycles. The van der Waals surface area contributed by atoms with Gasteiger partial charge < -0.3 is 4.55 Å². The fourth-order valence-electron chi connectivity index (χ4n) is 3.88. The van der Waals surface area contributed by atoms with Crippen LogP contribution in [-0.2, 0) is 23.3 Å². The van der Waals surface area contributed by atoms with Crippen LogP contribution in [0.2, 0.25) is 0 Å². The molecule has 3 rings (SSSR count). The summed E-state index contributed by atoms with van der Waals surface area (Å²) in [5.41, 5.74) is 0.0957. The summed E-state index contributed by atoms with van der Waals surface area (Å²) < 4.78 is 45.4. The van der Waals surface area contributed by atoms with Crippen molar-refractivity contribution in [2.75, 3.05) is 0 Å². The number of aryl methyl sites for hydroxylation is 1. The smallest absolute Gasteiger partial charge is 0.136 e. The third kappa shape index (κ3) is 6.14. The standard InChI is InChI=1S/C26H31F2N3OS2/c1-17-30-22-13-18(7-10-23(22)33-17)15-25(5,16-29)11-12-26(6,31-34(32)24(2,3)4)20-14-19(27)8-9-21(20)28/h7-10,13-14,31H,11-12,15H2,1-6H3/t25?,26-,34?/m0/s1. The quantitative estimate of drug-likeness (QED) is 0.347. The Balaban J connectivity index is 1.89. The lowest BCUT2D eigenvalue weighted by atomic mass is 9.76. The van der Waals surface area contributed by atoms with Crippen LogP contribution in [0.15, 0.2) is 36.4 Å². The molecule has 0 aliphatic rings. The zero-order chi connectivity index (χ0) is 25.3. The molecule has 34 heavy (non-hydrogen) atoms. The molecule has 182 valence electrons. The normalized spacial score (nSPS) is 16.6. The van der Waals surface area contributed by atoms with Crippen molar-refractivity contribution in [1.29, 1.82) is 5.26 Å². The Bertz CT molecular complexity index is 1220. The molecule has 0 amide bonds. The number of nitriles is 1. The van der Waals surface area contributed by atoms with Crippen LogP contribution in [0.4, 0.5) is 8.78 Å². The number of fused-ring (bicyclic) bond motifs is 1. The Labute approximate surface area is 207 Å². The van der Waals surface area contributed by atoms with Crippen LogP contribution in [0.5, 0.6) is 0 Å². The second-order valence-corrected chi connectivity index (χ2v) is 13.5. The van der Waals surface area contributed by atoms with Crippen LogP contribution in [-0.4, -0.2) is 14.3 Å². The fraction of sp³-hybridized carbons (Fsp3) is 0.462. The Morgan fingerprint density at radius 1 is 1.09 bits per heavy atom. The molecule has 1 heterocycles. The van der Waals surface area contributed by atoms with E-state index in [4.69, 9.17) is 0 Å². The van der Waals surface area contributed by atoms with Crippen molar-refractivity contribution < 1.29 is 13.3 Å². The number of hydrogen-bond acceptors (Lipinski definition) is 5. The van der Waals surface area contributed by atoms with Gasteiger partial charge in [-0.25, -0.2) is 13.8 Å². The van der Waals surface area contributed by atoms with Crippen LogP contribution in [0.3, 0.4) is 0 Å². The fourth-order valence-corrected chi connectivity index (χ4v) is 5.61. The van der Waals surface area contributed by atoms with Gasteiger partial charge in [-0.15, -0.1) is 16.1 Å². The summed E-state index contributed by atoms with van der Waals surface area (Å²) in [6.07, 6.45) is 1.16. The molecule has 0 saturated carbocycles. The largest absolute Gasteiger partial charge is 0.598 e. The monoisotopic (exact) mass is 503 g/mol. The van der Waals surface area contributed by atoms with Crippen LogP contribution in [0.1, 0.15) is 63.6 Å². The molecule has 3 aromatic rings. The van der Waals surface area contributed by atoms with Crippen LogP contribution in [0, 0.1) is 35.3 Å². The third-order valence-corrected chi connectivity index (χ3v) is 8.70. The molecule has 0 aliphatic carbocycles. The molecule has 0 bridgehead atoms. The highest BCUT2D eigenvalue weighted by Crippen LogP contribution is 2.38. The summed E-state index contributed by atoms with van der Waals surface area (Å²) in [5, 5.41) is 11.1. The Morgan fingerprint density at radius 3 is 2.44 bits per heavy atom. The number of aromatic nitrogens is 1. The predicted octanol–water partition coefficient (Wildman–Crippen LogP) is 6.70. The summed E-state index contributed by atoms with van der Waals surface area (Å²) in [6, 6.07) is 11.8. The molecule has 4 nitrogen and oxygen atoms in total.